The van der Waals surface area contributed by atoms with E-state index in [0.29, 0.717) is 11.2 Å². The van der Waals surface area contributed by atoms with Crippen LogP contribution in [0, 0.1) is 27.2 Å². The van der Waals surface area contributed by atoms with Crippen LogP contribution < -0.4 is 10.4 Å². The van der Waals surface area contributed by atoms with Crippen molar-refractivity contribution in [2.24, 2.45) is 10.2 Å². The quantitative estimate of drug-likeness (QED) is 0.321. The van der Waals surface area contributed by atoms with E-state index in [1.807, 2.05) is 19.1 Å². The van der Waals surface area contributed by atoms with Gasteiger partial charge in [-0.1, -0.05) is 0 Å². The van der Waals surface area contributed by atoms with Crippen LogP contribution in [0.5, 0.6) is 0 Å². The third-order valence-electron chi connectivity index (χ3n) is 4.24. The number of nitro groups is 2. The summed E-state index contributed by atoms with van der Waals surface area (Å²) in [6.45, 7) is 7.79. The monoisotopic (exact) mass is 369 g/mol. The molecule has 0 spiro atoms. The third-order valence-corrected chi connectivity index (χ3v) is 4.24. The summed E-state index contributed by atoms with van der Waals surface area (Å²) < 4.78 is 0. The van der Waals surface area contributed by atoms with Crippen LogP contribution in [-0.4, -0.2) is 30.8 Å². The molecule has 140 valence electrons. The van der Waals surface area contributed by atoms with Crippen LogP contribution >= 0.6 is 0 Å². The normalized spacial score (nSPS) is 10.9. The van der Waals surface area contributed by atoms with Crippen molar-refractivity contribution in [3.63, 3.8) is 0 Å². The van der Waals surface area contributed by atoms with Gasteiger partial charge in [0.25, 0.3) is 5.69 Å². The molecule has 2 aromatic rings. The maximum atomic E-state index is 11.3. The summed E-state index contributed by atoms with van der Waals surface area (Å²) in [6.07, 6.45) is 0. The average molecular weight is 369 g/mol. The number of hydrogen-bond acceptors (Lipinski definition) is 7. The molecular weight excluding hydrogens is 349 g/mol. The number of aryl methyl sites for hydroxylation is 1. The molecule has 0 atom stereocenters. The number of azo groups is 1. The average Bonchev–Trinajstić information content (AvgIpc) is 2.62. The highest BCUT2D eigenvalue weighted by Gasteiger charge is 2.22. The van der Waals surface area contributed by atoms with Gasteiger partial charge in [-0.2, -0.15) is 5.11 Å². The zero-order valence-corrected chi connectivity index (χ0v) is 15.7. The first-order valence-corrected chi connectivity index (χ1v) is 8.49. The van der Waals surface area contributed by atoms with E-state index in [2.05, 4.69) is 29.0 Å². The molecule has 0 aliphatic rings. The third kappa shape index (κ3) is 4.46. The van der Waals surface area contributed by atoms with E-state index in [9.17, 15) is 20.2 Å². The van der Waals surface area contributed by atoms with Gasteiger partial charge >= 0.3 is 5.69 Å². The second-order valence-corrected chi connectivity index (χ2v) is 5.99. The van der Waals surface area contributed by atoms with E-state index >= 15 is 0 Å². The van der Waals surface area contributed by atoms with E-state index in [1.54, 1.807) is 6.07 Å². The van der Waals surface area contributed by atoms with Gasteiger partial charge in [0.1, 0.15) is 7.85 Å². The van der Waals surface area contributed by atoms with Gasteiger partial charge in [0.15, 0.2) is 5.69 Å². The Bertz CT molecular complexity index is 912. The fourth-order valence-electron chi connectivity index (χ4n) is 2.76. The van der Waals surface area contributed by atoms with Crippen LogP contribution in [0.1, 0.15) is 19.4 Å². The van der Waals surface area contributed by atoms with Crippen LogP contribution in [0.25, 0.3) is 0 Å². The van der Waals surface area contributed by atoms with Crippen molar-refractivity contribution in [2.75, 3.05) is 18.0 Å². The molecule has 2 aromatic carbocycles. The lowest BCUT2D eigenvalue weighted by molar-refractivity contribution is -0.393. The Morgan fingerprint density at radius 1 is 1.04 bits per heavy atom. The van der Waals surface area contributed by atoms with Crippen LogP contribution in [0.15, 0.2) is 40.6 Å². The number of nitrogens with zero attached hydrogens (tertiary/aromatic N) is 5. The smallest absolute Gasteiger partial charge is 0.303 e. The lowest BCUT2D eigenvalue weighted by atomic mass is 9.93. The molecule has 0 saturated carbocycles. The van der Waals surface area contributed by atoms with Crippen molar-refractivity contribution < 1.29 is 9.85 Å². The van der Waals surface area contributed by atoms with Crippen molar-refractivity contribution in [3.05, 3.63) is 56.1 Å². The van der Waals surface area contributed by atoms with Crippen molar-refractivity contribution in [1.29, 1.82) is 0 Å². The van der Waals surface area contributed by atoms with Gasteiger partial charge in [-0.15, -0.1) is 5.11 Å². The van der Waals surface area contributed by atoms with Gasteiger partial charge in [0, 0.05) is 24.8 Å². The summed E-state index contributed by atoms with van der Waals surface area (Å²) in [7, 11) is 1.53. The van der Waals surface area contributed by atoms with Crippen molar-refractivity contribution >= 4 is 41.7 Å². The van der Waals surface area contributed by atoms with E-state index in [4.69, 9.17) is 0 Å². The maximum Gasteiger partial charge on any atom is 0.303 e. The highest BCUT2D eigenvalue weighted by molar-refractivity contribution is 6.36. The standard InChI is InChI=1S/C17H20BN5O4/c1-4-21(5-2)12-6-7-15(11(3)8-12)19-20-17-14(18)9-13(22(24)25)10-16(17)23(26)27/h6-10H,4-5,18H2,1-3H3/b20-19-. The molecule has 9 nitrogen and oxygen atoms in total. The minimum atomic E-state index is -0.690. The second-order valence-electron chi connectivity index (χ2n) is 5.99. The van der Waals surface area contributed by atoms with Crippen molar-refractivity contribution in [1.82, 2.24) is 0 Å². The van der Waals surface area contributed by atoms with E-state index < -0.39 is 15.5 Å². The largest absolute Gasteiger partial charge is 0.372 e. The van der Waals surface area contributed by atoms with Gasteiger partial charge < -0.3 is 4.90 Å². The molecule has 0 aliphatic heterocycles. The Morgan fingerprint density at radius 2 is 1.70 bits per heavy atom. The molecule has 0 fully saturated rings. The molecule has 0 N–H and O–H groups in total. The summed E-state index contributed by atoms with van der Waals surface area (Å²) in [6, 6.07) is 7.86. The van der Waals surface area contributed by atoms with Crippen LogP contribution in [0.2, 0.25) is 0 Å². The molecule has 0 aromatic heterocycles. The van der Waals surface area contributed by atoms with Gasteiger partial charge in [0.2, 0.25) is 0 Å². The zero-order chi connectivity index (χ0) is 20.1. The number of hydrogen-bond donors (Lipinski definition) is 0. The van der Waals surface area contributed by atoms with Gasteiger partial charge in [-0.3, -0.25) is 20.2 Å². The van der Waals surface area contributed by atoms with Crippen molar-refractivity contribution in [3.8, 4) is 0 Å². The second kappa shape index (κ2) is 8.39. The number of non-ortho nitro benzene ring substituents is 1. The summed E-state index contributed by atoms with van der Waals surface area (Å²) in [5.74, 6) is 0. The van der Waals surface area contributed by atoms with Gasteiger partial charge in [-0.25, -0.2) is 0 Å². The van der Waals surface area contributed by atoms with Crippen LogP contribution in [0.4, 0.5) is 28.4 Å². The predicted octanol–water partition coefficient (Wildman–Crippen LogP) is 3.33. The molecule has 2 rings (SSSR count). The fraction of sp³-hybridized carbons (Fsp3) is 0.294. The Labute approximate surface area is 157 Å². The molecule has 0 aliphatic carbocycles. The van der Waals surface area contributed by atoms with Crippen molar-refractivity contribution in [2.45, 2.75) is 20.8 Å². The Kier molecular flexibility index (Phi) is 6.22. The molecule has 0 amide bonds. The highest BCUT2D eigenvalue weighted by Crippen LogP contribution is 2.32. The topological polar surface area (TPSA) is 114 Å². The minimum Gasteiger partial charge on any atom is -0.372 e. The summed E-state index contributed by atoms with van der Waals surface area (Å²) >= 11 is 0. The molecule has 27 heavy (non-hydrogen) atoms. The van der Waals surface area contributed by atoms with Gasteiger partial charge in [-0.05, 0) is 50.0 Å². The van der Waals surface area contributed by atoms with E-state index in [-0.39, 0.29) is 11.4 Å². The number of benzene rings is 2. The fourth-order valence-corrected chi connectivity index (χ4v) is 2.76. The number of anilines is 1. The number of nitro benzene ring substituents is 2. The first-order chi connectivity index (χ1) is 12.8. The molecule has 0 heterocycles. The summed E-state index contributed by atoms with van der Waals surface area (Å²) in [5, 5.41) is 30.4. The Balaban J connectivity index is 2.43. The zero-order valence-electron chi connectivity index (χ0n) is 15.7. The lowest BCUT2D eigenvalue weighted by Crippen LogP contribution is -2.21. The molecule has 10 heteroatoms. The Morgan fingerprint density at radius 3 is 2.22 bits per heavy atom. The summed E-state index contributed by atoms with van der Waals surface area (Å²) in [5.41, 5.74) is 2.06. The molecule has 0 unspecified atom stereocenters. The minimum absolute atomic E-state index is 0.0119. The first-order valence-electron chi connectivity index (χ1n) is 8.49. The van der Waals surface area contributed by atoms with Crippen LogP contribution in [0.3, 0.4) is 0 Å². The van der Waals surface area contributed by atoms with E-state index in [0.717, 1.165) is 30.4 Å². The highest BCUT2D eigenvalue weighted by atomic mass is 16.6. The SMILES string of the molecule is Bc1cc([N+](=O)[O-])cc([N+](=O)[O-])c1/N=N\c1ccc(N(CC)CC)cc1C. The maximum absolute atomic E-state index is 11.3. The first kappa shape index (κ1) is 20.0. The molecular formula is C17H20BN5O4. The van der Waals surface area contributed by atoms with Gasteiger partial charge in [0.05, 0.1) is 21.6 Å². The number of rotatable bonds is 7. The summed E-state index contributed by atoms with van der Waals surface area (Å²) in [4.78, 5) is 23.0. The molecule has 0 saturated heterocycles. The van der Waals surface area contributed by atoms with Crippen LogP contribution in [-0.2, 0) is 0 Å². The molecule has 0 radical (unpaired) electrons. The van der Waals surface area contributed by atoms with E-state index in [1.165, 1.54) is 13.9 Å². The predicted molar refractivity (Wildman–Crippen MR) is 107 cm³/mol. The molecule has 0 bridgehead atoms. The Hall–Kier alpha value is -3.30. The lowest BCUT2D eigenvalue weighted by Gasteiger charge is -2.21.